The fourth-order valence-electron chi connectivity index (χ4n) is 5.05. The number of carbonyl (C=O) groups excluding carboxylic acids is 1. The fourth-order valence-corrected chi connectivity index (χ4v) is 5.05. The minimum Gasteiger partial charge on any atom is -0.480 e. The molecular weight excluding hydrogens is 465 g/mol. The van der Waals surface area contributed by atoms with Gasteiger partial charge in [-0.3, -0.25) is 14.6 Å². The second-order valence-electron chi connectivity index (χ2n) is 9.51. The van der Waals surface area contributed by atoms with Crippen molar-refractivity contribution >= 4 is 28.5 Å². The third kappa shape index (κ3) is 4.78. The first-order chi connectivity index (χ1) is 17.3. The molecule has 1 atom stereocenters. The molecule has 5 rings (SSSR count). The molecule has 2 aliphatic heterocycles. The van der Waals surface area contributed by atoms with Gasteiger partial charge in [-0.1, -0.05) is 6.07 Å². The largest absolute Gasteiger partial charge is 0.480 e. The number of likely N-dealkylation sites (N-methyl/N-ethyl adjacent to an activating group) is 1. The number of carboxylic acids is 1. The van der Waals surface area contributed by atoms with Gasteiger partial charge in [0.1, 0.15) is 12.4 Å². The number of aryl methyl sites for hydroxylation is 1. The lowest BCUT2D eigenvalue weighted by Gasteiger charge is -2.31. The summed E-state index contributed by atoms with van der Waals surface area (Å²) in [6.07, 6.45) is 4.58. The molecule has 1 N–H and O–H groups in total. The Bertz CT molecular complexity index is 1300. The van der Waals surface area contributed by atoms with Crippen LogP contribution in [0.1, 0.15) is 42.2 Å². The molecule has 0 bridgehead atoms. The number of rotatable bonds is 7. The van der Waals surface area contributed by atoms with Crippen LogP contribution >= 0.6 is 0 Å². The van der Waals surface area contributed by atoms with Crippen LogP contribution in [0.2, 0.25) is 0 Å². The molecule has 190 valence electrons. The Morgan fingerprint density at radius 3 is 2.72 bits per heavy atom. The number of ether oxygens (including phenoxy) is 1. The molecule has 0 radical (unpaired) electrons. The topological polar surface area (TPSA) is 91.1 Å². The van der Waals surface area contributed by atoms with Crippen LogP contribution in [0, 0.1) is 12.7 Å². The van der Waals surface area contributed by atoms with E-state index in [9.17, 15) is 19.1 Å². The molecule has 3 heterocycles. The standard InChI is InChI=1S/C26H30FN5O4/c1-17-9-19-12-28-32(25-5-3-4-8-36-25)23(19)11-22(17)30(16-26(34)35)15-24(33)29(2)31-13-18-6-7-21(27)10-20(18)14-31/h6-7,9-12,25H,3-5,8,13-16H2,1-2H3,(H,34,35). The number of hydrogen-bond donors (Lipinski definition) is 1. The van der Waals surface area contributed by atoms with Crippen LogP contribution in [0.25, 0.3) is 10.9 Å². The van der Waals surface area contributed by atoms with Crippen molar-refractivity contribution in [2.45, 2.75) is 45.5 Å². The molecule has 9 nitrogen and oxygen atoms in total. The number of nitrogens with zero attached hydrogens (tertiary/aromatic N) is 5. The highest BCUT2D eigenvalue weighted by molar-refractivity contribution is 5.89. The van der Waals surface area contributed by atoms with Gasteiger partial charge in [0, 0.05) is 37.8 Å². The summed E-state index contributed by atoms with van der Waals surface area (Å²) in [5, 5.41) is 18.4. The lowest BCUT2D eigenvalue weighted by molar-refractivity contribution is -0.145. The average molecular weight is 496 g/mol. The Balaban J connectivity index is 1.39. The van der Waals surface area contributed by atoms with E-state index in [0.29, 0.717) is 25.4 Å². The summed E-state index contributed by atoms with van der Waals surface area (Å²) in [6.45, 7) is 3.04. The maximum atomic E-state index is 13.6. The zero-order valence-electron chi connectivity index (χ0n) is 20.5. The number of carboxylic acid groups (broad SMARTS) is 1. The number of fused-ring (bicyclic) bond motifs is 2. The number of benzene rings is 2. The maximum Gasteiger partial charge on any atom is 0.323 e. The first-order valence-electron chi connectivity index (χ1n) is 12.1. The first kappa shape index (κ1) is 24.2. The van der Waals surface area contributed by atoms with Crippen LogP contribution in [-0.4, -0.2) is 63.5 Å². The number of anilines is 1. The highest BCUT2D eigenvalue weighted by atomic mass is 19.1. The van der Waals surface area contributed by atoms with Crippen molar-refractivity contribution in [1.82, 2.24) is 19.8 Å². The Morgan fingerprint density at radius 1 is 1.17 bits per heavy atom. The molecule has 1 saturated heterocycles. The van der Waals surface area contributed by atoms with Gasteiger partial charge in [0.15, 0.2) is 6.23 Å². The van der Waals surface area contributed by atoms with Gasteiger partial charge in [-0.05, 0) is 67.1 Å². The van der Waals surface area contributed by atoms with Gasteiger partial charge in [-0.25, -0.2) is 14.1 Å². The van der Waals surface area contributed by atoms with Gasteiger partial charge >= 0.3 is 5.97 Å². The number of hydrogen-bond acceptors (Lipinski definition) is 6. The van der Waals surface area contributed by atoms with Gasteiger partial charge in [-0.2, -0.15) is 5.10 Å². The third-order valence-electron chi connectivity index (χ3n) is 6.99. The number of aromatic nitrogens is 2. The van der Waals surface area contributed by atoms with E-state index in [2.05, 4.69) is 5.10 Å². The van der Waals surface area contributed by atoms with E-state index in [1.54, 1.807) is 24.2 Å². The lowest BCUT2D eigenvalue weighted by Crippen LogP contribution is -2.47. The van der Waals surface area contributed by atoms with Gasteiger partial charge in [0.25, 0.3) is 5.91 Å². The molecule has 2 aliphatic rings. The summed E-state index contributed by atoms with van der Waals surface area (Å²) >= 11 is 0. The SMILES string of the molecule is Cc1cc2cnn(C3CCCCO3)c2cc1N(CC(=O)O)CC(=O)N(C)N1Cc2ccc(F)cc2C1. The molecule has 36 heavy (non-hydrogen) atoms. The van der Waals surface area contributed by atoms with Crippen molar-refractivity contribution in [3.05, 3.63) is 59.0 Å². The predicted molar refractivity (Wildman–Crippen MR) is 132 cm³/mol. The summed E-state index contributed by atoms with van der Waals surface area (Å²) in [5.41, 5.74) is 4.17. The molecule has 1 unspecified atom stereocenters. The number of hydrazine groups is 1. The Kier molecular flexibility index (Phi) is 6.63. The molecule has 1 amide bonds. The van der Waals surface area contributed by atoms with Gasteiger partial charge in [-0.15, -0.1) is 0 Å². The quantitative estimate of drug-likeness (QED) is 0.537. The molecule has 2 aromatic carbocycles. The van der Waals surface area contributed by atoms with Crippen molar-refractivity contribution in [3.63, 3.8) is 0 Å². The Hall–Kier alpha value is -3.50. The zero-order valence-corrected chi connectivity index (χ0v) is 20.5. The van der Waals surface area contributed by atoms with Gasteiger partial charge in [0.05, 0.1) is 18.3 Å². The Labute approximate surface area is 208 Å². The monoisotopic (exact) mass is 495 g/mol. The van der Waals surface area contributed by atoms with Crippen molar-refractivity contribution in [2.24, 2.45) is 0 Å². The summed E-state index contributed by atoms with van der Waals surface area (Å²) in [4.78, 5) is 26.6. The number of amides is 1. The molecule has 3 aromatic rings. The van der Waals surface area contributed by atoms with Crippen molar-refractivity contribution in [1.29, 1.82) is 0 Å². The smallest absolute Gasteiger partial charge is 0.323 e. The zero-order chi connectivity index (χ0) is 25.4. The predicted octanol–water partition coefficient (Wildman–Crippen LogP) is 3.46. The number of carbonyl (C=O) groups is 2. The molecule has 0 saturated carbocycles. The maximum absolute atomic E-state index is 13.6. The van der Waals surface area contributed by atoms with E-state index < -0.39 is 5.97 Å². The van der Waals surface area contributed by atoms with E-state index in [-0.39, 0.29) is 31.0 Å². The molecule has 0 spiro atoms. The summed E-state index contributed by atoms with van der Waals surface area (Å²) in [5.74, 6) is -1.59. The summed E-state index contributed by atoms with van der Waals surface area (Å²) < 4.78 is 21.4. The van der Waals surface area contributed by atoms with Crippen LogP contribution in [0.15, 0.2) is 36.5 Å². The molecule has 0 aliphatic carbocycles. The van der Waals surface area contributed by atoms with E-state index in [4.69, 9.17) is 4.74 Å². The Morgan fingerprint density at radius 2 is 1.97 bits per heavy atom. The third-order valence-corrected chi connectivity index (χ3v) is 6.99. The van der Waals surface area contributed by atoms with E-state index >= 15 is 0 Å². The van der Waals surface area contributed by atoms with Crippen LogP contribution in [0.3, 0.4) is 0 Å². The second kappa shape index (κ2) is 9.87. The summed E-state index contributed by atoms with van der Waals surface area (Å²) in [6, 6.07) is 8.51. The van der Waals surface area contributed by atoms with E-state index in [1.807, 2.05) is 28.7 Å². The first-order valence-corrected chi connectivity index (χ1v) is 12.1. The average Bonchev–Trinajstić information content (AvgIpc) is 3.46. The van der Waals surface area contributed by atoms with Crippen molar-refractivity contribution in [2.75, 3.05) is 31.6 Å². The van der Waals surface area contributed by atoms with Crippen molar-refractivity contribution in [3.8, 4) is 0 Å². The van der Waals surface area contributed by atoms with Crippen LogP contribution in [0.4, 0.5) is 10.1 Å². The van der Waals surface area contributed by atoms with Crippen LogP contribution in [0.5, 0.6) is 0 Å². The minimum atomic E-state index is -1.03. The van der Waals surface area contributed by atoms with Crippen LogP contribution < -0.4 is 4.90 Å². The van der Waals surface area contributed by atoms with Crippen molar-refractivity contribution < 1.29 is 23.8 Å². The second-order valence-corrected chi connectivity index (χ2v) is 9.51. The summed E-state index contributed by atoms with van der Waals surface area (Å²) in [7, 11) is 1.66. The number of aliphatic carboxylic acids is 1. The van der Waals surface area contributed by atoms with E-state index in [0.717, 1.165) is 46.9 Å². The minimum absolute atomic E-state index is 0.121. The molecule has 1 fully saturated rings. The number of halogens is 1. The molecular formula is C26H30FN5O4. The normalized spacial score (nSPS) is 17.8. The highest BCUT2D eigenvalue weighted by Crippen LogP contribution is 2.31. The lowest BCUT2D eigenvalue weighted by atomic mass is 10.1. The van der Waals surface area contributed by atoms with Gasteiger partial charge < -0.3 is 14.7 Å². The fraction of sp³-hybridized carbons (Fsp3) is 0.423. The van der Waals surface area contributed by atoms with E-state index in [1.165, 1.54) is 17.1 Å². The van der Waals surface area contributed by atoms with Gasteiger partial charge in [0.2, 0.25) is 0 Å². The molecule has 10 heteroatoms. The highest BCUT2D eigenvalue weighted by Gasteiger charge is 2.28. The molecule has 1 aromatic heterocycles. The van der Waals surface area contributed by atoms with Crippen LogP contribution in [-0.2, 0) is 27.4 Å².